The molecule has 0 unspecified atom stereocenters. The molecular formula is C20H24N4O3. The highest BCUT2D eigenvalue weighted by atomic mass is 16.5. The molecule has 3 rings (SSSR count). The molecule has 0 bridgehead atoms. The zero-order valence-corrected chi connectivity index (χ0v) is 15.9. The molecule has 1 saturated heterocycles. The van der Waals surface area contributed by atoms with E-state index in [1.807, 2.05) is 30.9 Å². The van der Waals surface area contributed by atoms with Gasteiger partial charge in [-0.1, -0.05) is 0 Å². The van der Waals surface area contributed by atoms with Gasteiger partial charge in [0, 0.05) is 44.1 Å². The van der Waals surface area contributed by atoms with Crippen molar-refractivity contribution >= 4 is 11.8 Å². The van der Waals surface area contributed by atoms with Crippen molar-refractivity contribution in [2.75, 3.05) is 33.3 Å². The van der Waals surface area contributed by atoms with Crippen molar-refractivity contribution in [3.8, 4) is 5.75 Å². The van der Waals surface area contributed by atoms with Crippen LogP contribution in [0.3, 0.4) is 0 Å². The molecule has 0 aliphatic carbocycles. The Bertz CT molecular complexity index is 839. The first-order chi connectivity index (χ1) is 13.0. The van der Waals surface area contributed by atoms with Crippen LogP contribution in [0.1, 0.15) is 38.4 Å². The van der Waals surface area contributed by atoms with E-state index in [0.717, 1.165) is 23.3 Å². The minimum atomic E-state index is -0.145. The van der Waals surface area contributed by atoms with Crippen molar-refractivity contribution in [3.63, 3.8) is 0 Å². The molecule has 1 aliphatic rings. The Morgan fingerprint density at radius 1 is 0.963 bits per heavy atom. The Morgan fingerprint density at radius 2 is 1.67 bits per heavy atom. The van der Waals surface area contributed by atoms with Crippen LogP contribution >= 0.6 is 0 Å². The predicted molar refractivity (Wildman–Crippen MR) is 101 cm³/mol. The van der Waals surface area contributed by atoms with Gasteiger partial charge in [-0.3, -0.25) is 14.6 Å². The van der Waals surface area contributed by atoms with Gasteiger partial charge in [-0.15, -0.1) is 0 Å². The van der Waals surface area contributed by atoms with Crippen LogP contribution < -0.4 is 4.74 Å². The van der Waals surface area contributed by atoms with Gasteiger partial charge in [0.05, 0.1) is 13.3 Å². The van der Waals surface area contributed by atoms with Crippen LogP contribution in [0.25, 0.3) is 0 Å². The molecule has 2 aromatic rings. The summed E-state index contributed by atoms with van der Waals surface area (Å²) in [5, 5.41) is 0. The van der Waals surface area contributed by atoms with E-state index in [2.05, 4.69) is 9.97 Å². The van der Waals surface area contributed by atoms with Gasteiger partial charge in [0.2, 0.25) is 0 Å². The molecule has 0 N–H and O–H groups in total. The summed E-state index contributed by atoms with van der Waals surface area (Å²) in [6, 6.07) is 3.65. The summed E-state index contributed by atoms with van der Waals surface area (Å²) in [7, 11) is 1.63. The van der Waals surface area contributed by atoms with Gasteiger partial charge in [-0.25, -0.2) is 4.98 Å². The van der Waals surface area contributed by atoms with E-state index in [1.165, 1.54) is 12.4 Å². The number of amides is 2. The molecular weight excluding hydrogens is 344 g/mol. The van der Waals surface area contributed by atoms with Crippen molar-refractivity contribution in [1.82, 2.24) is 19.8 Å². The van der Waals surface area contributed by atoms with Crippen molar-refractivity contribution in [2.24, 2.45) is 0 Å². The molecule has 2 heterocycles. The van der Waals surface area contributed by atoms with Crippen LogP contribution in [-0.4, -0.2) is 64.9 Å². The number of ether oxygens (including phenoxy) is 1. The van der Waals surface area contributed by atoms with Crippen LogP contribution in [0, 0.1) is 13.8 Å². The Balaban J connectivity index is 1.72. The number of carbonyl (C=O) groups excluding carboxylic acids is 2. The maximum absolute atomic E-state index is 13.0. The predicted octanol–water partition coefficient (Wildman–Crippen LogP) is 2.09. The summed E-state index contributed by atoms with van der Waals surface area (Å²) in [4.78, 5) is 37.2. The van der Waals surface area contributed by atoms with Crippen LogP contribution in [0.5, 0.6) is 5.75 Å². The largest absolute Gasteiger partial charge is 0.496 e. The summed E-state index contributed by atoms with van der Waals surface area (Å²) in [6.45, 7) is 6.08. The van der Waals surface area contributed by atoms with Gasteiger partial charge in [0.25, 0.3) is 11.8 Å². The molecule has 1 aliphatic heterocycles. The third-order valence-electron chi connectivity index (χ3n) is 5.04. The standard InChI is InChI=1S/C20H24N4O3/c1-14-15(2)18(27-3)6-5-16(14)19(25)23-9-4-10-24(12-11-23)20(26)17-13-21-7-8-22-17/h5-8,13H,4,9-12H2,1-3H3. The summed E-state index contributed by atoms with van der Waals surface area (Å²) in [6.07, 6.45) is 5.25. The Hall–Kier alpha value is -2.96. The lowest BCUT2D eigenvalue weighted by Crippen LogP contribution is -2.37. The Morgan fingerprint density at radius 3 is 2.30 bits per heavy atom. The molecule has 7 heteroatoms. The summed E-state index contributed by atoms with van der Waals surface area (Å²) >= 11 is 0. The average Bonchev–Trinajstić information content (AvgIpc) is 2.96. The monoisotopic (exact) mass is 368 g/mol. The molecule has 0 saturated carbocycles. The average molecular weight is 368 g/mol. The normalized spacial score (nSPS) is 14.6. The van der Waals surface area contributed by atoms with Gasteiger partial charge in [-0.05, 0) is 43.5 Å². The first kappa shape index (κ1) is 18.8. The van der Waals surface area contributed by atoms with Crippen LogP contribution in [0.4, 0.5) is 0 Å². The maximum atomic E-state index is 13.0. The fraction of sp³-hybridized carbons (Fsp3) is 0.400. The SMILES string of the molecule is COc1ccc(C(=O)N2CCCN(C(=O)c3cnccn3)CC2)c(C)c1C. The number of hydrogen-bond donors (Lipinski definition) is 0. The van der Waals surface area contributed by atoms with Gasteiger partial charge in [0.1, 0.15) is 11.4 Å². The second-order valence-electron chi connectivity index (χ2n) is 6.59. The van der Waals surface area contributed by atoms with Crippen LogP contribution in [0.15, 0.2) is 30.7 Å². The first-order valence-corrected chi connectivity index (χ1v) is 9.01. The molecule has 7 nitrogen and oxygen atoms in total. The molecule has 0 spiro atoms. The van der Waals surface area contributed by atoms with Gasteiger partial charge in [-0.2, -0.15) is 0 Å². The molecule has 2 amide bonds. The fourth-order valence-electron chi connectivity index (χ4n) is 3.31. The molecule has 0 radical (unpaired) electrons. The number of benzene rings is 1. The van der Waals surface area contributed by atoms with Crippen LogP contribution in [0.2, 0.25) is 0 Å². The molecule has 142 valence electrons. The van der Waals surface area contributed by atoms with Crippen molar-refractivity contribution in [2.45, 2.75) is 20.3 Å². The van der Waals surface area contributed by atoms with E-state index in [9.17, 15) is 9.59 Å². The van der Waals surface area contributed by atoms with Crippen molar-refractivity contribution < 1.29 is 14.3 Å². The summed E-state index contributed by atoms with van der Waals surface area (Å²) in [5.74, 6) is 0.626. The number of rotatable bonds is 3. The molecule has 1 aromatic heterocycles. The Labute approximate surface area is 159 Å². The van der Waals surface area contributed by atoms with E-state index in [1.54, 1.807) is 18.2 Å². The minimum Gasteiger partial charge on any atom is -0.496 e. The van der Waals surface area contributed by atoms with E-state index in [0.29, 0.717) is 37.4 Å². The molecule has 1 fully saturated rings. The zero-order chi connectivity index (χ0) is 19.4. The van der Waals surface area contributed by atoms with Crippen molar-refractivity contribution in [3.05, 3.63) is 53.1 Å². The van der Waals surface area contributed by atoms with E-state index < -0.39 is 0 Å². The lowest BCUT2D eigenvalue weighted by atomic mass is 10.0. The number of nitrogens with zero attached hydrogens (tertiary/aromatic N) is 4. The van der Waals surface area contributed by atoms with Gasteiger partial charge >= 0.3 is 0 Å². The third kappa shape index (κ3) is 3.92. The quantitative estimate of drug-likeness (QED) is 0.829. The van der Waals surface area contributed by atoms with E-state index in [4.69, 9.17) is 4.74 Å². The second-order valence-corrected chi connectivity index (χ2v) is 6.59. The number of hydrogen-bond acceptors (Lipinski definition) is 5. The number of methoxy groups -OCH3 is 1. The molecule has 0 atom stereocenters. The topological polar surface area (TPSA) is 75.6 Å². The molecule has 27 heavy (non-hydrogen) atoms. The first-order valence-electron chi connectivity index (χ1n) is 9.01. The third-order valence-corrected chi connectivity index (χ3v) is 5.04. The lowest BCUT2D eigenvalue weighted by Gasteiger charge is -2.23. The highest BCUT2D eigenvalue weighted by Gasteiger charge is 2.25. The highest BCUT2D eigenvalue weighted by Crippen LogP contribution is 2.25. The summed E-state index contributed by atoms with van der Waals surface area (Å²) in [5.41, 5.74) is 2.91. The number of aromatic nitrogens is 2. The minimum absolute atomic E-state index is 0.00736. The smallest absolute Gasteiger partial charge is 0.274 e. The zero-order valence-electron chi connectivity index (χ0n) is 15.9. The fourth-order valence-corrected chi connectivity index (χ4v) is 3.31. The van der Waals surface area contributed by atoms with Gasteiger partial charge < -0.3 is 14.5 Å². The van der Waals surface area contributed by atoms with Crippen LogP contribution in [-0.2, 0) is 0 Å². The van der Waals surface area contributed by atoms with E-state index >= 15 is 0 Å². The lowest BCUT2D eigenvalue weighted by molar-refractivity contribution is 0.0715. The maximum Gasteiger partial charge on any atom is 0.274 e. The highest BCUT2D eigenvalue weighted by molar-refractivity contribution is 5.96. The molecule has 1 aromatic carbocycles. The second kappa shape index (κ2) is 8.16. The summed E-state index contributed by atoms with van der Waals surface area (Å²) < 4.78 is 5.33. The van der Waals surface area contributed by atoms with Crippen molar-refractivity contribution in [1.29, 1.82) is 0 Å². The Kier molecular flexibility index (Phi) is 5.69. The van der Waals surface area contributed by atoms with E-state index in [-0.39, 0.29) is 11.8 Å². The van der Waals surface area contributed by atoms with Gasteiger partial charge in [0.15, 0.2) is 0 Å². The number of carbonyl (C=O) groups is 2.